The molecular weight excluding hydrogens is 326 g/mol. The van der Waals surface area contributed by atoms with Crippen molar-refractivity contribution in [3.8, 4) is 5.69 Å². The predicted molar refractivity (Wildman–Crippen MR) is 91.9 cm³/mol. The SMILES string of the molecule is CC(NS(=O)(=O)N1CCCCCC1)c1ccc(-n2cncn2)cc1. The van der Waals surface area contributed by atoms with Crippen LogP contribution >= 0.6 is 0 Å². The van der Waals surface area contributed by atoms with Crippen LogP contribution < -0.4 is 4.72 Å². The van der Waals surface area contributed by atoms with Crippen LogP contribution in [0, 0.1) is 0 Å². The number of nitrogens with zero attached hydrogens (tertiary/aromatic N) is 4. The Bertz CT molecular complexity index is 735. The topological polar surface area (TPSA) is 80.1 Å². The zero-order valence-corrected chi connectivity index (χ0v) is 14.6. The van der Waals surface area contributed by atoms with Gasteiger partial charge in [0.2, 0.25) is 0 Å². The molecule has 1 aromatic heterocycles. The van der Waals surface area contributed by atoms with Crippen molar-refractivity contribution < 1.29 is 8.42 Å². The van der Waals surface area contributed by atoms with Crippen molar-refractivity contribution in [1.82, 2.24) is 23.8 Å². The van der Waals surface area contributed by atoms with Gasteiger partial charge in [0.15, 0.2) is 0 Å². The molecule has 0 saturated carbocycles. The van der Waals surface area contributed by atoms with E-state index in [0.29, 0.717) is 13.1 Å². The van der Waals surface area contributed by atoms with E-state index in [0.717, 1.165) is 36.9 Å². The number of hydrogen-bond acceptors (Lipinski definition) is 4. The monoisotopic (exact) mass is 349 g/mol. The van der Waals surface area contributed by atoms with Crippen molar-refractivity contribution >= 4 is 10.2 Å². The Balaban J connectivity index is 1.68. The van der Waals surface area contributed by atoms with Gasteiger partial charge in [-0.05, 0) is 37.5 Å². The molecule has 1 aromatic carbocycles. The molecule has 0 aliphatic carbocycles. The van der Waals surface area contributed by atoms with Crippen LogP contribution in [-0.2, 0) is 10.2 Å². The van der Waals surface area contributed by atoms with Gasteiger partial charge in [-0.2, -0.15) is 22.5 Å². The van der Waals surface area contributed by atoms with Crippen LogP contribution in [0.1, 0.15) is 44.2 Å². The summed E-state index contributed by atoms with van der Waals surface area (Å²) >= 11 is 0. The largest absolute Gasteiger partial charge is 0.279 e. The third-order valence-electron chi connectivity index (χ3n) is 4.31. The van der Waals surface area contributed by atoms with Crippen LogP contribution in [0.25, 0.3) is 5.69 Å². The van der Waals surface area contributed by atoms with Gasteiger partial charge in [0.1, 0.15) is 12.7 Å². The van der Waals surface area contributed by atoms with E-state index >= 15 is 0 Å². The van der Waals surface area contributed by atoms with E-state index in [1.807, 2.05) is 31.2 Å². The second kappa shape index (κ2) is 7.42. The molecule has 1 aliphatic rings. The van der Waals surface area contributed by atoms with Gasteiger partial charge in [0.05, 0.1) is 5.69 Å². The van der Waals surface area contributed by atoms with Gasteiger partial charge < -0.3 is 0 Å². The number of rotatable bonds is 5. The number of hydrogen-bond donors (Lipinski definition) is 1. The fourth-order valence-corrected chi connectivity index (χ4v) is 4.38. The zero-order chi connectivity index (χ0) is 17.0. The maximum Gasteiger partial charge on any atom is 0.279 e. The Kier molecular flexibility index (Phi) is 5.27. The molecule has 0 radical (unpaired) electrons. The Labute approximate surface area is 142 Å². The average Bonchev–Trinajstić information content (AvgIpc) is 2.96. The van der Waals surface area contributed by atoms with Crippen molar-refractivity contribution in [2.24, 2.45) is 0 Å². The molecule has 1 saturated heterocycles. The minimum atomic E-state index is -3.45. The standard InChI is InChI=1S/C16H23N5O2S/c1-14(19-24(22,23)20-10-4-2-3-5-11-20)15-6-8-16(9-7-15)21-13-17-12-18-21/h6-9,12-14,19H,2-5,10-11H2,1H3. The Morgan fingerprint density at radius 3 is 2.33 bits per heavy atom. The van der Waals surface area contributed by atoms with E-state index in [2.05, 4.69) is 14.8 Å². The lowest BCUT2D eigenvalue weighted by Gasteiger charge is -2.23. The van der Waals surface area contributed by atoms with Crippen LogP contribution in [0.15, 0.2) is 36.9 Å². The van der Waals surface area contributed by atoms with Crippen LogP contribution in [0.5, 0.6) is 0 Å². The first-order valence-corrected chi connectivity index (χ1v) is 9.73. The molecule has 0 bridgehead atoms. The highest BCUT2D eigenvalue weighted by Crippen LogP contribution is 2.18. The van der Waals surface area contributed by atoms with Crippen molar-refractivity contribution in [3.63, 3.8) is 0 Å². The van der Waals surface area contributed by atoms with Crippen LogP contribution in [0.3, 0.4) is 0 Å². The zero-order valence-electron chi connectivity index (χ0n) is 13.8. The summed E-state index contributed by atoms with van der Waals surface area (Å²) in [5, 5.41) is 4.08. The molecule has 2 heterocycles. The van der Waals surface area contributed by atoms with Crippen molar-refractivity contribution in [1.29, 1.82) is 0 Å². The van der Waals surface area contributed by atoms with Gasteiger partial charge in [-0.3, -0.25) is 0 Å². The van der Waals surface area contributed by atoms with Crippen LogP contribution in [0.2, 0.25) is 0 Å². The smallest absolute Gasteiger partial charge is 0.223 e. The highest BCUT2D eigenvalue weighted by Gasteiger charge is 2.24. The van der Waals surface area contributed by atoms with Crippen LogP contribution in [0.4, 0.5) is 0 Å². The lowest BCUT2D eigenvalue weighted by Crippen LogP contribution is -2.42. The second-order valence-corrected chi connectivity index (χ2v) is 7.79. The summed E-state index contributed by atoms with van der Waals surface area (Å²) in [6.07, 6.45) is 7.17. The summed E-state index contributed by atoms with van der Waals surface area (Å²) in [7, 11) is -3.45. The van der Waals surface area contributed by atoms with Gasteiger partial charge in [-0.1, -0.05) is 25.0 Å². The maximum absolute atomic E-state index is 12.6. The maximum atomic E-state index is 12.6. The predicted octanol–water partition coefficient (Wildman–Crippen LogP) is 2.04. The molecule has 1 N–H and O–H groups in total. The minimum Gasteiger partial charge on any atom is -0.223 e. The summed E-state index contributed by atoms with van der Waals surface area (Å²) in [4.78, 5) is 3.92. The van der Waals surface area contributed by atoms with E-state index in [1.165, 1.54) is 6.33 Å². The molecule has 1 fully saturated rings. The van der Waals surface area contributed by atoms with E-state index in [1.54, 1.807) is 15.3 Å². The van der Waals surface area contributed by atoms with E-state index in [9.17, 15) is 8.42 Å². The molecule has 7 nitrogen and oxygen atoms in total. The number of aromatic nitrogens is 3. The van der Waals surface area contributed by atoms with Crippen molar-refractivity contribution in [2.75, 3.05) is 13.1 Å². The lowest BCUT2D eigenvalue weighted by atomic mass is 10.1. The second-order valence-electron chi connectivity index (χ2n) is 6.09. The highest BCUT2D eigenvalue weighted by molar-refractivity contribution is 7.87. The van der Waals surface area contributed by atoms with E-state index in [-0.39, 0.29) is 6.04 Å². The molecule has 130 valence electrons. The summed E-state index contributed by atoms with van der Waals surface area (Å²) in [5.74, 6) is 0. The van der Waals surface area contributed by atoms with Gasteiger partial charge in [0.25, 0.3) is 10.2 Å². The van der Waals surface area contributed by atoms with Gasteiger partial charge in [-0.15, -0.1) is 0 Å². The molecule has 2 aromatic rings. The lowest BCUT2D eigenvalue weighted by molar-refractivity contribution is 0.410. The van der Waals surface area contributed by atoms with Gasteiger partial charge >= 0.3 is 0 Å². The van der Waals surface area contributed by atoms with E-state index < -0.39 is 10.2 Å². The van der Waals surface area contributed by atoms with Gasteiger partial charge in [-0.25, -0.2) is 9.67 Å². The molecule has 1 aliphatic heterocycles. The molecule has 3 rings (SSSR count). The number of nitrogens with one attached hydrogen (secondary N) is 1. The highest BCUT2D eigenvalue weighted by atomic mass is 32.2. The average molecular weight is 349 g/mol. The molecule has 0 amide bonds. The fourth-order valence-electron chi connectivity index (χ4n) is 2.91. The van der Waals surface area contributed by atoms with E-state index in [4.69, 9.17) is 0 Å². The fraction of sp³-hybridized carbons (Fsp3) is 0.500. The van der Waals surface area contributed by atoms with Gasteiger partial charge in [0, 0.05) is 19.1 Å². The Morgan fingerprint density at radius 2 is 1.75 bits per heavy atom. The Hall–Kier alpha value is -1.77. The minimum absolute atomic E-state index is 0.289. The van der Waals surface area contributed by atoms with Crippen molar-refractivity contribution in [3.05, 3.63) is 42.5 Å². The quantitative estimate of drug-likeness (QED) is 0.896. The first-order chi connectivity index (χ1) is 11.6. The molecule has 24 heavy (non-hydrogen) atoms. The summed E-state index contributed by atoms with van der Waals surface area (Å²) < 4.78 is 31.2. The summed E-state index contributed by atoms with van der Waals surface area (Å²) in [5.41, 5.74) is 1.80. The third-order valence-corrected chi connectivity index (χ3v) is 6.00. The first kappa shape index (κ1) is 17.1. The third kappa shape index (κ3) is 4.00. The molecule has 0 spiro atoms. The molecular formula is C16H23N5O2S. The normalized spacial score (nSPS) is 18.2. The van der Waals surface area contributed by atoms with Crippen LogP contribution in [-0.4, -0.2) is 40.6 Å². The first-order valence-electron chi connectivity index (χ1n) is 8.28. The molecule has 1 atom stereocenters. The van der Waals surface area contributed by atoms with Crippen molar-refractivity contribution in [2.45, 2.75) is 38.6 Å². The number of benzene rings is 1. The molecule has 1 unspecified atom stereocenters. The summed E-state index contributed by atoms with van der Waals surface area (Å²) in [6, 6.07) is 7.34. The Morgan fingerprint density at radius 1 is 1.08 bits per heavy atom. The summed E-state index contributed by atoms with van der Waals surface area (Å²) in [6.45, 7) is 3.07. The molecule has 8 heteroatoms.